The van der Waals surface area contributed by atoms with E-state index in [1.165, 1.54) is 20.3 Å². The number of nitrogens with one attached hydrogen (secondary N) is 4. The van der Waals surface area contributed by atoms with E-state index >= 15 is 0 Å². The minimum absolute atomic E-state index is 0.0738. The van der Waals surface area contributed by atoms with Gasteiger partial charge in [-0.3, -0.25) is 14.4 Å². The van der Waals surface area contributed by atoms with Crippen LogP contribution in [0, 0.1) is 0 Å². The van der Waals surface area contributed by atoms with Crippen molar-refractivity contribution in [2.24, 2.45) is 5.10 Å². The van der Waals surface area contributed by atoms with Gasteiger partial charge >= 0.3 is 11.8 Å². The van der Waals surface area contributed by atoms with Gasteiger partial charge in [0, 0.05) is 28.8 Å². The number of benzene rings is 3. The Hall–Kier alpha value is -4.86. The molecule has 0 bridgehead atoms. The van der Waals surface area contributed by atoms with Crippen LogP contribution in [0.4, 0.5) is 22.7 Å². The zero-order valence-corrected chi connectivity index (χ0v) is 20.1. The van der Waals surface area contributed by atoms with Crippen molar-refractivity contribution >= 4 is 46.2 Å². The van der Waals surface area contributed by atoms with E-state index in [0.29, 0.717) is 22.9 Å². The van der Waals surface area contributed by atoms with Gasteiger partial charge in [0.1, 0.15) is 11.5 Å². The highest BCUT2D eigenvalue weighted by atomic mass is 16.5. The van der Waals surface area contributed by atoms with E-state index in [2.05, 4.69) is 26.5 Å². The topological polar surface area (TPSA) is 130 Å². The highest BCUT2D eigenvalue weighted by Gasteiger charge is 2.16. The number of hydrazone groups is 1. The largest absolute Gasteiger partial charge is 0.497 e. The summed E-state index contributed by atoms with van der Waals surface area (Å²) in [5, 5.41) is 12.3. The second-order valence-electron chi connectivity index (χ2n) is 7.60. The van der Waals surface area contributed by atoms with Crippen LogP contribution in [0.5, 0.6) is 11.5 Å². The summed E-state index contributed by atoms with van der Waals surface area (Å²) in [5.41, 5.74) is 5.18. The zero-order chi connectivity index (χ0) is 25.9. The van der Waals surface area contributed by atoms with E-state index in [9.17, 15) is 14.4 Å². The molecule has 0 saturated heterocycles. The molecule has 10 heteroatoms. The number of carbonyl (C=O) groups excluding carboxylic acids is 3. The normalized spacial score (nSPS) is 10.7. The lowest BCUT2D eigenvalue weighted by atomic mass is 10.2. The molecule has 0 saturated carbocycles. The Balaban J connectivity index is 1.48. The van der Waals surface area contributed by atoms with E-state index in [4.69, 9.17) is 9.47 Å². The number of carbonyl (C=O) groups is 3. The maximum absolute atomic E-state index is 12.3. The second-order valence-corrected chi connectivity index (χ2v) is 7.60. The van der Waals surface area contributed by atoms with Crippen LogP contribution in [-0.2, 0) is 14.4 Å². The predicted octanol–water partition coefficient (Wildman–Crippen LogP) is 3.91. The van der Waals surface area contributed by atoms with E-state index in [1.807, 2.05) is 42.5 Å². The first-order valence-electron chi connectivity index (χ1n) is 11.0. The number of ether oxygens (including phenoxy) is 2. The van der Waals surface area contributed by atoms with Crippen LogP contribution in [-0.4, -0.2) is 37.7 Å². The van der Waals surface area contributed by atoms with Crippen molar-refractivity contribution in [3.8, 4) is 11.5 Å². The summed E-state index contributed by atoms with van der Waals surface area (Å²) in [6, 6.07) is 21.7. The third-order valence-corrected chi connectivity index (χ3v) is 4.86. The van der Waals surface area contributed by atoms with Crippen LogP contribution in [0.1, 0.15) is 13.3 Å². The van der Waals surface area contributed by atoms with Gasteiger partial charge in [-0.25, -0.2) is 5.43 Å². The summed E-state index contributed by atoms with van der Waals surface area (Å²) in [6.45, 7) is 1.57. The first-order chi connectivity index (χ1) is 17.4. The fourth-order valence-electron chi connectivity index (χ4n) is 3.09. The van der Waals surface area contributed by atoms with Crippen molar-refractivity contribution in [1.82, 2.24) is 5.43 Å². The molecule has 4 N–H and O–H groups in total. The highest BCUT2D eigenvalue weighted by molar-refractivity contribution is 6.39. The molecule has 0 atom stereocenters. The summed E-state index contributed by atoms with van der Waals surface area (Å²) in [6.07, 6.45) is -0.0738. The van der Waals surface area contributed by atoms with Crippen molar-refractivity contribution < 1.29 is 23.9 Å². The quantitative estimate of drug-likeness (QED) is 0.205. The lowest BCUT2D eigenvalue weighted by Gasteiger charge is -2.11. The van der Waals surface area contributed by atoms with Crippen LogP contribution in [0.25, 0.3) is 0 Å². The molecule has 0 aliphatic rings. The fourth-order valence-corrected chi connectivity index (χ4v) is 3.09. The molecule has 10 nitrogen and oxygen atoms in total. The number of methoxy groups -OCH3 is 2. The van der Waals surface area contributed by atoms with Crippen LogP contribution in [0.15, 0.2) is 77.9 Å². The molecule has 0 fully saturated rings. The molecule has 0 unspecified atom stereocenters. The Morgan fingerprint density at radius 1 is 0.778 bits per heavy atom. The minimum atomic E-state index is -0.999. The van der Waals surface area contributed by atoms with E-state index < -0.39 is 11.8 Å². The molecule has 3 amide bonds. The van der Waals surface area contributed by atoms with Gasteiger partial charge in [-0.1, -0.05) is 18.2 Å². The van der Waals surface area contributed by atoms with E-state index in [0.717, 1.165) is 11.4 Å². The first kappa shape index (κ1) is 25.8. The van der Waals surface area contributed by atoms with Crippen LogP contribution < -0.4 is 30.8 Å². The SMILES string of the molecule is COc1ccc(OC)c(NC(=O)C(=O)NN=C(C)CC(=O)Nc2ccc(Nc3ccccc3)cc2)c1. The van der Waals surface area contributed by atoms with Crippen molar-refractivity contribution in [1.29, 1.82) is 0 Å². The van der Waals surface area contributed by atoms with E-state index in [1.54, 1.807) is 31.2 Å². The smallest absolute Gasteiger partial charge is 0.329 e. The monoisotopic (exact) mass is 489 g/mol. The lowest BCUT2D eigenvalue weighted by molar-refractivity contribution is -0.136. The molecular weight excluding hydrogens is 462 g/mol. The number of anilines is 4. The van der Waals surface area contributed by atoms with Crippen LogP contribution >= 0.6 is 0 Å². The number of rotatable bonds is 9. The molecule has 36 heavy (non-hydrogen) atoms. The molecule has 0 aromatic heterocycles. The zero-order valence-electron chi connectivity index (χ0n) is 20.1. The van der Waals surface area contributed by atoms with Crippen molar-refractivity contribution in [3.05, 3.63) is 72.8 Å². The summed E-state index contributed by atoms with van der Waals surface area (Å²) in [4.78, 5) is 36.7. The molecule has 3 aromatic carbocycles. The van der Waals surface area contributed by atoms with Gasteiger partial charge in [-0.05, 0) is 55.5 Å². The van der Waals surface area contributed by atoms with Crippen molar-refractivity contribution in [3.63, 3.8) is 0 Å². The van der Waals surface area contributed by atoms with Crippen LogP contribution in [0.2, 0.25) is 0 Å². The summed E-state index contributed by atoms with van der Waals surface area (Å²) < 4.78 is 10.3. The average Bonchev–Trinajstić information content (AvgIpc) is 2.88. The van der Waals surface area contributed by atoms with Crippen molar-refractivity contribution in [2.45, 2.75) is 13.3 Å². The van der Waals surface area contributed by atoms with Crippen LogP contribution in [0.3, 0.4) is 0 Å². The standard InChI is InChI=1S/C26H27N5O5/c1-17(30-31-26(34)25(33)29-22-16-21(35-2)13-14-23(22)36-3)15-24(32)28-20-11-9-19(10-12-20)27-18-7-5-4-6-8-18/h4-14,16,27H,15H2,1-3H3,(H,28,32)(H,29,33)(H,31,34). The van der Waals surface area contributed by atoms with Gasteiger partial charge in [0.25, 0.3) is 0 Å². The van der Waals surface area contributed by atoms with Gasteiger partial charge in [0.15, 0.2) is 0 Å². The lowest BCUT2D eigenvalue weighted by Crippen LogP contribution is -2.33. The second kappa shape index (κ2) is 12.6. The molecule has 0 heterocycles. The summed E-state index contributed by atoms with van der Waals surface area (Å²) >= 11 is 0. The molecular formula is C26H27N5O5. The number of nitrogens with zero attached hydrogens (tertiary/aromatic N) is 1. The Kier molecular flexibility index (Phi) is 8.99. The van der Waals surface area contributed by atoms with Gasteiger partial charge < -0.3 is 25.4 Å². The number of hydrogen-bond donors (Lipinski definition) is 4. The number of amides is 3. The Bertz CT molecular complexity index is 1240. The summed E-state index contributed by atoms with van der Waals surface area (Å²) in [7, 11) is 2.91. The number of hydrogen-bond acceptors (Lipinski definition) is 7. The molecule has 0 spiro atoms. The molecule has 3 rings (SSSR count). The first-order valence-corrected chi connectivity index (χ1v) is 11.0. The summed E-state index contributed by atoms with van der Waals surface area (Å²) in [5.74, 6) is -1.43. The maximum atomic E-state index is 12.3. The maximum Gasteiger partial charge on any atom is 0.329 e. The molecule has 186 valence electrons. The van der Waals surface area contributed by atoms with Gasteiger partial charge in [-0.15, -0.1) is 0 Å². The molecule has 0 aliphatic carbocycles. The Labute approximate surface area is 208 Å². The fraction of sp³-hybridized carbons (Fsp3) is 0.154. The Morgan fingerprint density at radius 3 is 2.11 bits per heavy atom. The third kappa shape index (κ3) is 7.59. The minimum Gasteiger partial charge on any atom is -0.497 e. The molecule has 3 aromatic rings. The van der Waals surface area contributed by atoms with Gasteiger partial charge in [0.05, 0.1) is 26.3 Å². The molecule has 0 radical (unpaired) electrons. The average molecular weight is 490 g/mol. The molecule has 0 aliphatic heterocycles. The van der Waals surface area contributed by atoms with E-state index in [-0.39, 0.29) is 18.0 Å². The Morgan fingerprint density at radius 2 is 1.44 bits per heavy atom. The third-order valence-electron chi connectivity index (χ3n) is 4.86. The number of para-hydroxylation sites is 1. The highest BCUT2D eigenvalue weighted by Crippen LogP contribution is 2.28. The predicted molar refractivity (Wildman–Crippen MR) is 139 cm³/mol. The van der Waals surface area contributed by atoms with Gasteiger partial charge in [0.2, 0.25) is 5.91 Å². The van der Waals surface area contributed by atoms with Crippen molar-refractivity contribution in [2.75, 3.05) is 30.2 Å². The van der Waals surface area contributed by atoms with Gasteiger partial charge in [-0.2, -0.15) is 5.10 Å².